The van der Waals surface area contributed by atoms with E-state index in [2.05, 4.69) is 31.2 Å². The zero-order valence-corrected chi connectivity index (χ0v) is 21.2. The number of aryl methyl sites for hydroxylation is 1. The molecule has 1 aliphatic carbocycles. The Morgan fingerprint density at radius 3 is 2.66 bits per heavy atom. The van der Waals surface area contributed by atoms with Crippen LogP contribution >= 0.6 is 11.3 Å². The monoisotopic (exact) mass is 499 g/mol. The summed E-state index contributed by atoms with van der Waals surface area (Å²) in [5, 5.41) is 18.7. The summed E-state index contributed by atoms with van der Waals surface area (Å²) < 4.78 is 7.17. The topological polar surface area (TPSA) is 146 Å². The largest absolute Gasteiger partial charge is 0.454 e. The summed E-state index contributed by atoms with van der Waals surface area (Å²) in [6.07, 6.45) is 2.56. The fourth-order valence-electron chi connectivity index (χ4n) is 4.68. The second-order valence-corrected chi connectivity index (χ2v) is 11.1. The number of nitrogens with zero attached hydrogens (tertiary/aromatic N) is 3. The zero-order valence-electron chi connectivity index (χ0n) is 20.4. The average Bonchev–Trinajstić information content (AvgIpc) is 3.42. The van der Waals surface area contributed by atoms with Gasteiger partial charge in [0, 0.05) is 4.88 Å². The van der Waals surface area contributed by atoms with Gasteiger partial charge >= 0.3 is 5.69 Å². The highest BCUT2D eigenvalue weighted by atomic mass is 32.1. The molecular weight excluding hydrogens is 470 g/mol. The van der Waals surface area contributed by atoms with E-state index >= 15 is 0 Å². The molecule has 0 aromatic carbocycles. The van der Waals surface area contributed by atoms with Crippen LogP contribution in [0, 0.1) is 35.3 Å². The van der Waals surface area contributed by atoms with Gasteiger partial charge in [0.25, 0.3) is 11.8 Å². The number of primary amides is 1. The maximum Gasteiger partial charge on any atom is 0.312 e. The van der Waals surface area contributed by atoms with Crippen LogP contribution in [0.2, 0.25) is 0 Å². The molecule has 3 aromatic heterocycles. The van der Waals surface area contributed by atoms with Gasteiger partial charge < -0.3 is 15.5 Å². The van der Waals surface area contributed by atoms with Crippen LogP contribution in [0.3, 0.4) is 0 Å². The van der Waals surface area contributed by atoms with Gasteiger partial charge in [-0.1, -0.05) is 20.8 Å². The van der Waals surface area contributed by atoms with E-state index in [9.17, 15) is 19.7 Å². The van der Waals surface area contributed by atoms with Gasteiger partial charge in [0.05, 0.1) is 17.0 Å². The number of anilines is 1. The molecule has 3 aromatic rings. The Labute approximate surface area is 206 Å². The van der Waals surface area contributed by atoms with Crippen LogP contribution < -0.4 is 11.1 Å². The minimum absolute atomic E-state index is 0.0381. The van der Waals surface area contributed by atoms with E-state index in [1.165, 1.54) is 22.1 Å². The van der Waals surface area contributed by atoms with E-state index in [-0.39, 0.29) is 23.4 Å². The van der Waals surface area contributed by atoms with Crippen LogP contribution in [0.15, 0.2) is 16.5 Å². The number of hydrogen-bond donors (Lipinski definition) is 2. The Bertz CT molecular complexity index is 1330. The Kier molecular flexibility index (Phi) is 6.31. The number of hydrogen-bond acceptors (Lipinski definition) is 7. The molecule has 0 saturated carbocycles. The molecule has 0 fully saturated rings. The molecule has 0 radical (unpaired) electrons. The predicted octanol–water partition coefficient (Wildman–Crippen LogP) is 4.61. The van der Waals surface area contributed by atoms with Gasteiger partial charge in [0.15, 0.2) is 5.76 Å². The minimum atomic E-state index is -0.557. The molecule has 1 aliphatic rings. The summed E-state index contributed by atoms with van der Waals surface area (Å²) in [5.41, 5.74) is 7.83. The summed E-state index contributed by atoms with van der Waals surface area (Å²) in [5.74, 6) is -0.0900. The molecule has 0 saturated heterocycles. The summed E-state index contributed by atoms with van der Waals surface area (Å²) in [6.45, 7) is 9.97. The van der Waals surface area contributed by atoms with Crippen molar-refractivity contribution in [3.8, 4) is 0 Å². The molecule has 11 heteroatoms. The zero-order chi connectivity index (χ0) is 25.7. The molecule has 3 N–H and O–H groups in total. The highest BCUT2D eigenvalue weighted by Gasteiger charge is 2.34. The Morgan fingerprint density at radius 2 is 2.06 bits per heavy atom. The third kappa shape index (κ3) is 4.72. The first-order chi connectivity index (χ1) is 16.4. The quantitative estimate of drug-likeness (QED) is 0.374. The van der Waals surface area contributed by atoms with E-state index in [1.54, 1.807) is 19.9 Å². The standard InChI is InChI=1S/C24H29N5O5S/c1-12-20(29(32)33)13(2)28(27-12)11-15-7-9-17(34-15)22(31)26-23-19(21(25)30)16-8-6-14(24(3,4)5)10-18(16)35-23/h7,9,14H,6,8,10-11H2,1-5H3,(H2,25,30)(H,26,31)/t14-/m0/s1. The third-order valence-electron chi connectivity index (χ3n) is 6.68. The smallest absolute Gasteiger partial charge is 0.312 e. The number of fused-ring (bicyclic) bond motifs is 1. The molecule has 3 heterocycles. The van der Waals surface area contributed by atoms with Crippen LogP contribution in [0.4, 0.5) is 10.7 Å². The molecule has 2 amide bonds. The van der Waals surface area contributed by atoms with Crippen molar-refractivity contribution in [2.75, 3.05) is 5.32 Å². The molecule has 0 aliphatic heterocycles. The maximum atomic E-state index is 12.9. The van der Waals surface area contributed by atoms with Crippen molar-refractivity contribution in [2.24, 2.45) is 17.1 Å². The van der Waals surface area contributed by atoms with E-state index in [1.807, 2.05) is 0 Å². The van der Waals surface area contributed by atoms with Crippen LogP contribution in [-0.2, 0) is 19.4 Å². The van der Waals surface area contributed by atoms with Crippen molar-refractivity contribution < 1.29 is 18.9 Å². The summed E-state index contributed by atoms with van der Waals surface area (Å²) >= 11 is 1.40. The number of rotatable bonds is 6. The van der Waals surface area contributed by atoms with Crippen LogP contribution in [0.1, 0.15) is 75.7 Å². The highest BCUT2D eigenvalue weighted by Crippen LogP contribution is 2.44. The van der Waals surface area contributed by atoms with Crippen molar-refractivity contribution in [3.05, 3.63) is 61.2 Å². The minimum Gasteiger partial charge on any atom is -0.454 e. The Balaban J connectivity index is 1.54. The van der Waals surface area contributed by atoms with Crippen molar-refractivity contribution >= 4 is 33.8 Å². The highest BCUT2D eigenvalue weighted by molar-refractivity contribution is 7.17. The van der Waals surface area contributed by atoms with Gasteiger partial charge in [0.2, 0.25) is 0 Å². The lowest BCUT2D eigenvalue weighted by Gasteiger charge is -2.33. The van der Waals surface area contributed by atoms with Gasteiger partial charge in [-0.3, -0.25) is 24.4 Å². The second kappa shape index (κ2) is 8.95. The molecule has 0 spiro atoms. The van der Waals surface area contributed by atoms with Gasteiger partial charge in [-0.15, -0.1) is 11.3 Å². The van der Waals surface area contributed by atoms with Crippen molar-refractivity contribution in [1.82, 2.24) is 9.78 Å². The number of carbonyl (C=O) groups excluding carboxylic acids is 2. The van der Waals surface area contributed by atoms with Crippen LogP contribution in [0.25, 0.3) is 0 Å². The number of furan rings is 1. The number of amides is 2. The second-order valence-electron chi connectivity index (χ2n) is 10.0. The predicted molar refractivity (Wildman–Crippen MR) is 132 cm³/mol. The van der Waals surface area contributed by atoms with Crippen LogP contribution in [0.5, 0.6) is 0 Å². The Hall–Kier alpha value is -3.47. The number of nitro groups is 1. The molecule has 35 heavy (non-hydrogen) atoms. The summed E-state index contributed by atoms with van der Waals surface area (Å²) in [7, 11) is 0. The summed E-state index contributed by atoms with van der Waals surface area (Å²) in [4.78, 5) is 37.1. The van der Waals surface area contributed by atoms with E-state index in [0.717, 1.165) is 29.7 Å². The lowest BCUT2D eigenvalue weighted by Crippen LogP contribution is -2.27. The first kappa shape index (κ1) is 24.6. The lowest BCUT2D eigenvalue weighted by molar-refractivity contribution is -0.386. The first-order valence-corrected chi connectivity index (χ1v) is 12.2. The molecular formula is C24H29N5O5S. The Morgan fingerprint density at radius 1 is 1.34 bits per heavy atom. The van der Waals surface area contributed by atoms with E-state index in [4.69, 9.17) is 10.2 Å². The molecule has 186 valence electrons. The van der Waals surface area contributed by atoms with E-state index in [0.29, 0.717) is 33.6 Å². The van der Waals surface area contributed by atoms with Crippen LogP contribution in [-0.4, -0.2) is 26.5 Å². The number of nitrogens with two attached hydrogens (primary N) is 1. The fraction of sp³-hybridized carbons (Fsp3) is 0.458. The molecule has 4 rings (SSSR count). The number of carbonyl (C=O) groups is 2. The van der Waals surface area contributed by atoms with Gasteiger partial charge in [-0.05, 0) is 62.1 Å². The lowest BCUT2D eigenvalue weighted by atomic mass is 9.72. The average molecular weight is 500 g/mol. The van der Waals surface area contributed by atoms with Gasteiger partial charge in [0.1, 0.15) is 22.1 Å². The first-order valence-electron chi connectivity index (χ1n) is 11.4. The maximum absolute atomic E-state index is 12.9. The number of thiophene rings is 1. The molecule has 10 nitrogen and oxygen atoms in total. The summed E-state index contributed by atoms with van der Waals surface area (Å²) in [6, 6.07) is 3.15. The fourth-order valence-corrected chi connectivity index (χ4v) is 6.00. The van der Waals surface area contributed by atoms with Crippen molar-refractivity contribution in [1.29, 1.82) is 0 Å². The van der Waals surface area contributed by atoms with Crippen molar-refractivity contribution in [2.45, 2.75) is 60.4 Å². The number of aromatic nitrogens is 2. The molecule has 1 atom stereocenters. The van der Waals surface area contributed by atoms with Gasteiger partial charge in [-0.2, -0.15) is 5.10 Å². The SMILES string of the molecule is Cc1nn(Cc2ccc(C(=O)Nc3sc4c(c3C(N)=O)CC[C@H](C(C)(C)C)C4)o2)c(C)c1[N+](=O)[O-]. The number of nitrogens with one attached hydrogen (secondary N) is 1. The normalized spacial score (nSPS) is 15.6. The molecule has 0 bridgehead atoms. The van der Waals surface area contributed by atoms with Gasteiger partial charge in [-0.25, -0.2) is 0 Å². The third-order valence-corrected chi connectivity index (χ3v) is 7.85. The van der Waals surface area contributed by atoms with Crippen molar-refractivity contribution in [3.63, 3.8) is 0 Å². The van der Waals surface area contributed by atoms with E-state index < -0.39 is 16.7 Å². The molecule has 0 unspecified atom stereocenters.